The molecule has 1 N–H and O–H groups in total. The fourth-order valence-corrected chi connectivity index (χ4v) is 3.19. The van der Waals surface area contributed by atoms with Gasteiger partial charge in [0.25, 0.3) is 5.91 Å². The molecule has 0 fully saturated rings. The van der Waals surface area contributed by atoms with E-state index in [1.807, 2.05) is 12.1 Å². The van der Waals surface area contributed by atoms with Crippen LogP contribution in [0, 0.1) is 0 Å². The van der Waals surface area contributed by atoms with Crippen LogP contribution in [0.3, 0.4) is 0 Å². The molecule has 0 aromatic heterocycles. The van der Waals surface area contributed by atoms with Crippen LogP contribution in [0.2, 0.25) is 0 Å². The van der Waals surface area contributed by atoms with Crippen molar-refractivity contribution in [2.75, 3.05) is 0 Å². The summed E-state index contributed by atoms with van der Waals surface area (Å²) in [4.78, 5) is 39.2. The second kappa shape index (κ2) is 9.04. The summed E-state index contributed by atoms with van der Waals surface area (Å²) in [5.41, 5.74) is 0.0918. The number of carbonyl (C=O) groups is 3. The van der Waals surface area contributed by atoms with Crippen LogP contribution in [0.15, 0.2) is 72.0 Å². The molecule has 2 amide bonds. The number of aliphatic hydroxyl groups excluding tert-OH is 1. The van der Waals surface area contributed by atoms with Gasteiger partial charge in [-0.25, -0.2) is 14.5 Å². The predicted molar refractivity (Wildman–Crippen MR) is 113 cm³/mol. The van der Waals surface area contributed by atoms with E-state index in [1.54, 1.807) is 69.3 Å². The Bertz CT molecular complexity index is 992. The molecular weight excluding hydrogens is 398 g/mol. The Hall–Kier alpha value is -3.61. The van der Waals surface area contributed by atoms with E-state index >= 15 is 0 Å². The average molecular weight is 423 g/mol. The van der Waals surface area contributed by atoms with E-state index in [0.29, 0.717) is 0 Å². The minimum absolute atomic E-state index is 0.0699. The Morgan fingerprint density at radius 2 is 1.52 bits per heavy atom. The molecule has 0 saturated carbocycles. The van der Waals surface area contributed by atoms with Crippen LogP contribution in [-0.2, 0) is 32.1 Å². The lowest BCUT2D eigenvalue weighted by Gasteiger charge is -2.27. The van der Waals surface area contributed by atoms with Crippen LogP contribution >= 0.6 is 0 Å². The Labute approximate surface area is 180 Å². The van der Waals surface area contributed by atoms with E-state index < -0.39 is 40.9 Å². The van der Waals surface area contributed by atoms with Gasteiger partial charge in [-0.3, -0.25) is 4.79 Å². The van der Waals surface area contributed by atoms with Crippen molar-refractivity contribution in [2.24, 2.45) is 0 Å². The Kier molecular flexibility index (Phi) is 6.44. The molecule has 162 valence electrons. The normalized spacial score (nSPS) is 16.4. The number of aliphatic hydroxyl groups is 1. The monoisotopic (exact) mass is 423 g/mol. The first-order valence-electron chi connectivity index (χ1n) is 9.92. The highest BCUT2D eigenvalue weighted by Gasteiger charge is 2.48. The first kappa shape index (κ1) is 22.1. The lowest BCUT2D eigenvalue weighted by atomic mass is 10.0. The molecule has 0 radical (unpaired) electrons. The Balaban J connectivity index is 1.87. The van der Waals surface area contributed by atoms with E-state index in [0.717, 1.165) is 16.0 Å². The highest BCUT2D eigenvalue weighted by Crippen LogP contribution is 2.30. The van der Waals surface area contributed by atoms with Gasteiger partial charge in [-0.05, 0) is 31.9 Å². The second-order valence-electron chi connectivity index (χ2n) is 8.18. The van der Waals surface area contributed by atoms with E-state index in [2.05, 4.69) is 0 Å². The van der Waals surface area contributed by atoms with Crippen molar-refractivity contribution in [2.45, 2.75) is 45.4 Å². The molecule has 0 spiro atoms. The number of hydrogen-bond donors (Lipinski definition) is 1. The maximum absolute atomic E-state index is 13.0. The van der Waals surface area contributed by atoms with Crippen molar-refractivity contribution < 1.29 is 29.0 Å². The molecule has 0 saturated heterocycles. The zero-order chi connectivity index (χ0) is 22.6. The summed E-state index contributed by atoms with van der Waals surface area (Å²) < 4.78 is 10.6. The van der Waals surface area contributed by atoms with E-state index in [4.69, 9.17) is 9.47 Å². The molecule has 0 aliphatic carbocycles. The van der Waals surface area contributed by atoms with Crippen molar-refractivity contribution in [1.29, 1.82) is 0 Å². The van der Waals surface area contributed by atoms with Crippen molar-refractivity contribution in [3.05, 3.63) is 83.1 Å². The van der Waals surface area contributed by atoms with Crippen LogP contribution in [0.4, 0.5) is 4.79 Å². The van der Waals surface area contributed by atoms with Crippen LogP contribution in [0.1, 0.15) is 31.9 Å². The van der Waals surface area contributed by atoms with Crippen LogP contribution < -0.4 is 0 Å². The largest absolute Gasteiger partial charge is 0.509 e. The summed E-state index contributed by atoms with van der Waals surface area (Å²) in [5, 5.41) is 10.8. The molecule has 7 heteroatoms. The molecule has 2 aromatic rings. The number of carbonyl (C=O) groups excluding carboxylic acids is 3. The van der Waals surface area contributed by atoms with Crippen LogP contribution in [-0.4, -0.2) is 39.6 Å². The third-order valence-corrected chi connectivity index (χ3v) is 4.60. The maximum atomic E-state index is 13.0. The smallest absolute Gasteiger partial charge is 0.418 e. The third-order valence-electron chi connectivity index (χ3n) is 4.60. The molecule has 0 unspecified atom stereocenters. The van der Waals surface area contributed by atoms with Gasteiger partial charge in [0.15, 0.2) is 5.57 Å². The van der Waals surface area contributed by atoms with Gasteiger partial charge in [0.2, 0.25) is 0 Å². The molecule has 2 aromatic carbocycles. The standard InChI is InChI=1S/C24H25NO6/c1-24(2,3)31-23(29)25-18(14-16-10-6-4-7-11-16)20(26)19(21(25)27)22(28)30-15-17-12-8-5-9-13-17/h4-13,18,26H,14-15H2,1-3H3/t18-/m0/s1. The van der Waals surface area contributed by atoms with Gasteiger partial charge in [-0.1, -0.05) is 60.7 Å². The summed E-state index contributed by atoms with van der Waals surface area (Å²) in [6.07, 6.45) is -0.802. The fourth-order valence-electron chi connectivity index (χ4n) is 3.19. The van der Waals surface area contributed by atoms with Crippen LogP contribution in [0.5, 0.6) is 0 Å². The molecule has 1 heterocycles. The Morgan fingerprint density at radius 1 is 0.968 bits per heavy atom. The number of hydrogen-bond acceptors (Lipinski definition) is 6. The minimum atomic E-state index is -1.07. The number of nitrogens with zero attached hydrogens (tertiary/aromatic N) is 1. The number of benzene rings is 2. The van der Waals surface area contributed by atoms with E-state index in [-0.39, 0.29) is 13.0 Å². The SMILES string of the molecule is CC(C)(C)OC(=O)N1C(=O)C(C(=O)OCc2ccccc2)=C(O)[C@@H]1Cc1ccccc1. The van der Waals surface area contributed by atoms with Crippen molar-refractivity contribution in [3.63, 3.8) is 0 Å². The van der Waals surface area contributed by atoms with Gasteiger partial charge in [0.05, 0.1) is 0 Å². The zero-order valence-corrected chi connectivity index (χ0v) is 17.7. The molecule has 7 nitrogen and oxygen atoms in total. The first-order valence-corrected chi connectivity index (χ1v) is 9.92. The predicted octanol–water partition coefficient (Wildman–Crippen LogP) is 3.93. The number of esters is 1. The van der Waals surface area contributed by atoms with E-state index in [1.165, 1.54) is 0 Å². The molecule has 1 atom stereocenters. The van der Waals surface area contributed by atoms with E-state index in [9.17, 15) is 19.5 Å². The summed E-state index contributed by atoms with van der Waals surface area (Å²) in [6, 6.07) is 16.9. The number of rotatable bonds is 5. The Morgan fingerprint density at radius 3 is 2.06 bits per heavy atom. The topological polar surface area (TPSA) is 93.1 Å². The highest BCUT2D eigenvalue weighted by atomic mass is 16.6. The lowest BCUT2D eigenvalue weighted by molar-refractivity contribution is -0.142. The maximum Gasteiger partial charge on any atom is 0.418 e. The molecule has 1 aliphatic heterocycles. The van der Waals surface area contributed by atoms with Gasteiger partial charge >= 0.3 is 12.1 Å². The zero-order valence-electron chi connectivity index (χ0n) is 17.7. The van der Waals surface area contributed by atoms with Gasteiger partial charge in [0.1, 0.15) is 24.0 Å². The van der Waals surface area contributed by atoms with Gasteiger partial charge in [-0.2, -0.15) is 0 Å². The highest BCUT2D eigenvalue weighted by molar-refractivity contribution is 6.22. The molecule has 0 bridgehead atoms. The summed E-state index contributed by atoms with van der Waals surface area (Å²) in [7, 11) is 0. The quantitative estimate of drug-likeness (QED) is 0.579. The number of imide groups is 1. The van der Waals surface area contributed by atoms with Crippen molar-refractivity contribution in [1.82, 2.24) is 4.90 Å². The number of ether oxygens (including phenoxy) is 2. The molecule has 31 heavy (non-hydrogen) atoms. The molecule has 3 rings (SSSR count). The van der Waals surface area contributed by atoms with Crippen molar-refractivity contribution >= 4 is 18.0 Å². The van der Waals surface area contributed by atoms with Crippen LogP contribution in [0.25, 0.3) is 0 Å². The van der Waals surface area contributed by atoms with Gasteiger partial charge in [-0.15, -0.1) is 0 Å². The second-order valence-corrected chi connectivity index (χ2v) is 8.18. The first-order chi connectivity index (χ1) is 14.7. The summed E-state index contributed by atoms with van der Waals surface area (Å²) in [6.45, 7) is 4.93. The average Bonchev–Trinajstić information content (AvgIpc) is 2.96. The summed E-state index contributed by atoms with van der Waals surface area (Å²) >= 11 is 0. The third kappa shape index (κ3) is 5.31. The fraction of sp³-hybridized carbons (Fsp3) is 0.292. The summed E-state index contributed by atoms with van der Waals surface area (Å²) in [5.74, 6) is -2.43. The van der Waals surface area contributed by atoms with Gasteiger partial charge < -0.3 is 14.6 Å². The van der Waals surface area contributed by atoms with Crippen molar-refractivity contribution in [3.8, 4) is 0 Å². The molecule has 1 aliphatic rings. The molecular formula is C24H25NO6. The van der Waals surface area contributed by atoms with Gasteiger partial charge in [0, 0.05) is 6.42 Å². The number of amides is 2. The lowest BCUT2D eigenvalue weighted by Crippen LogP contribution is -2.45. The minimum Gasteiger partial charge on any atom is -0.509 e.